The molecule has 1 amide bonds. The van der Waals surface area contributed by atoms with Crippen LogP contribution in [0.2, 0.25) is 0 Å². The van der Waals surface area contributed by atoms with Gasteiger partial charge in [-0.05, 0) is 55.1 Å². The smallest absolute Gasteiger partial charge is 0.231 e. The van der Waals surface area contributed by atoms with Crippen LogP contribution in [0.15, 0.2) is 12.1 Å². The molecule has 0 saturated heterocycles. The topological polar surface area (TPSA) is 47.6 Å². The molecule has 3 aliphatic rings. The van der Waals surface area contributed by atoms with E-state index in [1.807, 2.05) is 12.1 Å². The van der Waals surface area contributed by atoms with Gasteiger partial charge in [0, 0.05) is 18.2 Å². The van der Waals surface area contributed by atoms with Crippen LogP contribution in [-0.4, -0.2) is 12.7 Å². The Bertz CT molecular complexity index is 613. The quantitative estimate of drug-likeness (QED) is 0.888. The highest BCUT2D eigenvalue weighted by atomic mass is 16.7. The summed E-state index contributed by atoms with van der Waals surface area (Å²) in [4.78, 5) is 12.5. The van der Waals surface area contributed by atoms with Crippen LogP contribution >= 0.6 is 0 Å². The SMILES string of the molecule is CCCc1cc2c(cc1NC(=O)C[C@@H]1C[C@H]3CC[C@@H]1C3)OCO2. The number of rotatable bonds is 5. The van der Waals surface area contributed by atoms with E-state index in [0.717, 1.165) is 47.4 Å². The maximum Gasteiger partial charge on any atom is 0.231 e. The van der Waals surface area contributed by atoms with Gasteiger partial charge in [-0.1, -0.05) is 19.8 Å². The molecule has 2 bridgehead atoms. The van der Waals surface area contributed by atoms with E-state index >= 15 is 0 Å². The van der Waals surface area contributed by atoms with Gasteiger partial charge >= 0.3 is 0 Å². The van der Waals surface area contributed by atoms with Gasteiger partial charge in [-0.2, -0.15) is 0 Å². The number of carbonyl (C=O) groups is 1. The summed E-state index contributed by atoms with van der Waals surface area (Å²) < 4.78 is 10.9. The van der Waals surface area contributed by atoms with Gasteiger partial charge in [0.2, 0.25) is 12.7 Å². The summed E-state index contributed by atoms with van der Waals surface area (Å²) in [6, 6.07) is 3.94. The average Bonchev–Trinajstić information content (AvgIpc) is 3.23. The van der Waals surface area contributed by atoms with Gasteiger partial charge in [0.05, 0.1) is 0 Å². The number of anilines is 1. The second-order valence-electron chi connectivity index (χ2n) is 7.30. The molecule has 4 rings (SSSR count). The van der Waals surface area contributed by atoms with Gasteiger partial charge in [0.15, 0.2) is 11.5 Å². The minimum absolute atomic E-state index is 0.152. The van der Waals surface area contributed by atoms with E-state index in [4.69, 9.17) is 9.47 Å². The monoisotopic (exact) mass is 315 g/mol. The van der Waals surface area contributed by atoms with Crippen molar-refractivity contribution in [2.75, 3.05) is 12.1 Å². The summed E-state index contributed by atoms with van der Waals surface area (Å²) in [6.07, 6.45) is 7.94. The minimum Gasteiger partial charge on any atom is -0.454 e. The van der Waals surface area contributed by atoms with Crippen molar-refractivity contribution in [3.8, 4) is 11.5 Å². The predicted molar refractivity (Wildman–Crippen MR) is 88.7 cm³/mol. The molecule has 1 aromatic carbocycles. The van der Waals surface area contributed by atoms with Crippen LogP contribution in [0.25, 0.3) is 0 Å². The molecule has 2 aliphatic carbocycles. The Morgan fingerprint density at radius 1 is 1.22 bits per heavy atom. The second-order valence-corrected chi connectivity index (χ2v) is 7.30. The fourth-order valence-corrected chi connectivity index (χ4v) is 4.64. The lowest BCUT2D eigenvalue weighted by molar-refractivity contribution is -0.117. The zero-order chi connectivity index (χ0) is 15.8. The van der Waals surface area contributed by atoms with Crippen molar-refractivity contribution < 1.29 is 14.3 Å². The number of benzene rings is 1. The van der Waals surface area contributed by atoms with Crippen molar-refractivity contribution in [2.45, 2.75) is 51.9 Å². The van der Waals surface area contributed by atoms with Crippen LogP contribution in [0.4, 0.5) is 5.69 Å². The highest BCUT2D eigenvalue weighted by Gasteiger charge is 2.40. The number of ether oxygens (including phenoxy) is 2. The van der Waals surface area contributed by atoms with E-state index in [9.17, 15) is 4.79 Å². The van der Waals surface area contributed by atoms with E-state index in [1.54, 1.807) is 0 Å². The van der Waals surface area contributed by atoms with Gasteiger partial charge in [-0.15, -0.1) is 0 Å². The van der Waals surface area contributed by atoms with Crippen LogP contribution < -0.4 is 14.8 Å². The summed E-state index contributed by atoms with van der Waals surface area (Å²) in [6.45, 7) is 2.41. The molecule has 0 unspecified atom stereocenters. The number of hydrogen-bond donors (Lipinski definition) is 1. The van der Waals surface area contributed by atoms with Crippen molar-refractivity contribution in [1.82, 2.24) is 0 Å². The first-order chi connectivity index (χ1) is 11.2. The Morgan fingerprint density at radius 3 is 2.74 bits per heavy atom. The standard InChI is InChI=1S/C19H25NO3/c1-2-3-14-8-17-18(23-11-22-17)10-16(14)20-19(21)9-15-7-12-4-5-13(15)6-12/h8,10,12-13,15H,2-7,9,11H2,1H3,(H,20,21)/t12-,13+,15-/m0/s1. The lowest BCUT2D eigenvalue weighted by atomic mass is 9.86. The molecule has 4 heteroatoms. The lowest BCUT2D eigenvalue weighted by Gasteiger charge is -2.21. The molecular weight excluding hydrogens is 290 g/mol. The largest absolute Gasteiger partial charge is 0.454 e. The molecule has 3 atom stereocenters. The number of aryl methyl sites for hydroxylation is 1. The van der Waals surface area contributed by atoms with Crippen molar-refractivity contribution in [2.24, 2.45) is 17.8 Å². The van der Waals surface area contributed by atoms with E-state index in [-0.39, 0.29) is 12.7 Å². The fraction of sp³-hybridized carbons (Fsp3) is 0.632. The molecule has 1 aromatic rings. The highest BCUT2D eigenvalue weighted by molar-refractivity contribution is 5.92. The van der Waals surface area contributed by atoms with Crippen molar-refractivity contribution >= 4 is 11.6 Å². The molecular formula is C19H25NO3. The lowest BCUT2D eigenvalue weighted by Crippen LogP contribution is -2.20. The van der Waals surface area contributed by atoms with E-state index in [2.05, 4.69) is 12.2 Å². The van der Waals surface area contributed by atoms with Crippen molar-refractivity contribution in [3.63, 3.8) is 0 Å². The van der Waals surface area contributed by atoms with Gasteiger partial charge < -0.3 is 14.8 Å². The van der Waals surface area contributed by atoms with Crippen LogP contribution in [-0.2, 0) is 11.2 Å². The molecule has 1 aliphatic heterocycles. The molecule has 0 spiro atoms. The number of hydrogen-bond acceptors (Lipinski definition) is 3. The first-order valence-corrected chi connectivity index (χ1v) is 8.95. The average molecular weight is 315 g/mol. The first kappa shape index (κ1) is 14.9. The molecule has 23 heavy (non-hydrogen) atoms. The maximum atomic E-state index is 12.5. The number of nitrogens with one attached hydrogen (secondary N) is 1. The van der Waals surface area contributed by atoms with Crippen LogP contribution in [0.5, 0.6) is 11.5 Å². The van der Waals surface area contributed by atoms with Gasteiger partial charge in [-0.25, -0.2) is 0 Å². The summed E-state index contributed by atoms with van der Waals surface area (Å²) in [5.41, 5.74) is 2.03. The third-order valence-corrected chi connectivity index (χ3v) is 5.72. The van der Waals surface area contributed by atoms with Gasteiger partial charge in [0.25, 0.3) is 0 Å². The molecule has 4 nitrogen and oxygen atoms in total. The van der Waals surface area contributed by atoms with Crippen LogP contribution in [0, 0.1) is 17.8 Å². The first-order valence-electron chi connectivity index (χ1n) is 8.95. The molecule has 1 heterocycles. The van der Waals surface area contributed by atoms with Crippen molar-refractivity contribution in [1.29, 1.82) is 0 Å². The second kappa shape index (κ2) is 6.06. The molecule has 2 saturated carbocycles. The molecule has 1 N–H and O–H groups in total. The highest BCUT2D eigenvalue weighted by Crippen LogP contribution is 2.49. The van der Waals surface area contributed by atoms with Crippen molar-refractivity contribution in [3.05, 3.63) is 17.7 Å². The molecule has 0 aromatic heterocycles. The maximum absolute atomic E-state index is 12.5. The fourth-order valence-electron chi connectivity index (χ4n) is 4.64. The zero-order valence-electron chi connectivity index (χ0n) is 13.8. The summed E-state index contributed by atoms with van der Waals surface area (Å²) >= 11 is 0. The minimum atomic E-state index is 0.152. The number of carbonyl (C=O) groups excluding carboxylic acids is 1. The zero-order valence-corrected chi connectivity index (χ0v) is 13.8. The third kappa shape index (κ3) is 2.91. The van der Waals surface area contributed by atoms with Crippen LogP contribution in [0.3, 0.4) is 0 Å². The Hall–Kier alpha value is -1.71. The Morgan fingerprint density at radius 2 is 2.04 bits per heavy atom. The number of fused-ring (bicyclic) bond motifs is 3. The summed E-state index contributed by atoms with van der Waals surface area (Å²) in [7, 11) is 0. The van der Waals surface area contributed by atoms with E-state index < -0.39 is 0 Å². The van der Waals surface area contributed by atoms with E-state index in [1.165, 1.54) is 25.7 Å². The molecule has 0 radical (unpaired) electrons. The Labute approximate surface area is 137 Å². The molecule has 2 fully saturated rings. The summed E-state index contributed by atoms with van der Waals surface area (Å²) in [5, 5.41) is 3.14. The normalized spacial score (nSPS) is 27.4. The van der Waals surface area contributed by atoms with E-state index in [0.29, 0.717) is 12.3 Å². The Kier molecular flexibility index (Phi) is 3.92. The van der Waals surface area contributed by atoms with Gasteiger partial charge in [0.1, 0.15) is 0 Å². The predicted octanol–water partition coefficient (Wildman–Crippen LogP) is 4.13. The third-order valence-electron chi connectivity index (χ3n) is 5.72. The summed E-state index contributed by atoms with van der Waals surface area (Å²) in [5.74, 6) is 3.95. The molecule has 124 valence electrons. The number of amides is 1. The Balaban J connectivity index is 1.46. The van der Waals surface area contributed by atoms with Gasteiger partial charge in [-0.3, -0.25) is 4.79 Å². The van der Waals surface area contributed by atoms with Crippen LogP contribution in [0.1, 0.15) is 51.0 Å².